The van der Waals surface area contributed by atoms with Crippen LogP contribution in [0.25, 0.3) is 0 Å². The summed E-state index contributed by atoms with van der Waals surface area (Å²) in [5.41, 5.74) is 1.65. The molecule has 6 heteroatoms. The molecule has 3 rings (SSSR count). The zero-order valence-electron chi connectivity index (χ0n) is 19.3. The number of amides is 1. The van der Waals surface area contributed by atoms with Crippen LogP contribution in [0.15, 0.2) is 60.7 Å². The van der Waals surface area contributed by atoms with Gasteiger partial charge in [-0.3, -0.25) is 4.79 Å². The highest BCUT2D eigenvalue weighted by molar-refractivity contribution is 6.74. The van der Waals surface area contributed by atoms with Gasteiger partial charge < -0.3 is 20.2 Å². The van der Waals surface area contributed by atoms with Gasteiger partial charge in [-0.25, -0.2) is 0 Å². The van der Waals surface area contributed by atoms with Crippen LogP contribution in [0.4, 0.5) is 0 Å². The van der Waals surface area contributed by atoms with E-state index in [9.17, 15) is 9.90 Å². The topological polar surface area (TPSA) is 70.6 Å². The number of hydrogen-bond acceptors (Lipinski definition) is 4. The lowest BCUT2D eigenvalue weighted by atomic mass is 9.95. The predicted octanol–water partition coefficient (Wildman–Crippen LogP) is 4.33. The third kappa shape index (κ3) is 5.83. The van der Waals surface area contributed by atoms with Crippen LogP contribution in [-0.2, 0) is 9.22 Å². The van der Waals surface area contributed by atoms with Gasteiger partial charge in [-0.05, 0) is 35.7 Å². The molecule has 3 N–H and O–H groups in total. The third-order valence-corrected chi connectivity index (χ3v) is 11.1. The maximum Gasteiger partial charge on any atom is 0.237 e. The van der Waals surface area contributed by atoms with E-state index in [0.29, 0.717) is 13.0 Å². The molecular weight excluding hydrogens is 404 g/mol. The highest BCUT2D eigenvalue weighted by Crippen LogP contribution is 2.38. The second-order valence-corrected chi connectivity index (χ2v) is 14.7. The van der Waals surface area contributed by atoms with E-state index in [-0.39, 0.29) is 23.1 Å². The van der Waals surface area contributed by atoms with Gasteiger partial charge in [0, 0.05) is 6.54 Å². The van der Waals surface area contributed by atoms with Gasteiger partial charge in [0.1, 0.15) is 6.10 Å². The Kier molecular flexibility index (Phi) is 7.37. The Balaban J connectivity index is 1.70. The van der Waals surface area contributed by atoms with Crippen molar-refractivity contribution in [3.05, 3.63) is 71.8 Å². The molecular formula is C25H36N2O3Si. The molecule has 1 aliphatic rings. The summed E-state index contributed by atoms with van der Waals surface area (Å²) >= 11 is 0. The van der Waals surface area contributed by atoms with Gasteiger partial charge in [-0.2, -0.15) is 0 Å². The van der Waals surface area contributed by atoms with Crippen molar-refractivity contribution in [3.63, 3.8) is 0 Å². The lowest BCUT2D eigenvalue weighted by Crippen LogP contribution is -2.44. The van der Waals surface area contributed by atoms with Crippen molar-refractivity contribution in [2.75, 3.05) is 6.54 Å². The molecule has 0 radical (unpaired) electrons. The summed E-state index contributed by atoms with van der Waals surface area (Å²) in [6.45, 7) is 11.8. The zero-order valence-corrected chi connectivity index (χ0v) is 20.3. The maximum absolute atomic E-state index is 13.1. The molecule has 5 nitrogen and oxygen atoms in total. The van der Waals surface area contributed by atoms with Crippen molar-refractivity contribution in [2.24, 2.45) is 0 Å². The van der Waals surface area contributed by atoms with Gasteiger partial charge in [0.05, 0.1) is 18.2 Å². The van der Waals surface area contributed by atoms with E-state index in [0.717, 1.165) is 11.1 Å². The Morgan fingerprint density at radius 1 is 1.06 bits per heavy atom. The monoisotopic (exact) mass is 440 g/mol. The molecule has 1 heterocycles. The first-order valence-electron chi connectivity index (χ1n) is 11.1. The van der Waals surface area contributed by atoms with E-state index in [1.165, 1.54) is 0 Å². The smallest absolute Gasteiger partial charge is 0.237 e. The lowest BCUT2D eigenvalue weighted by molar-refractivity contribution is -0.124. The lowest BCUT2D eigenvalue weighted by Gasteiger charge is -2.38. The van der Waals surface area contributed by atoms with E-state index in [2.05, 4.69) is 44.5 Å². The van der Waals surface area contributed by atoms with Crippen LogP contribution >= 0.6 is 0 Å². The molecule has 31 heavy (non-hydrogen) atoms. The third-order valence-electron chi connectivity index (χ3n) is 6.59. The number of carbonyl (C=O) groups is 1. The van der Waals surface area contributed by atoms with Crippen LogP contribution in [0.5, 0.6) is 0 Å². The van der Waals surface area contributed by atoms with Crippen LogP contribution in [0.2, 0.25) is 18.1 Å². The van der Waals surface area contributed by atoms with Crippen LogP contribution in [0, 0.1) is 0 Å². The second-order valence-electron chi connectivity index (χ2n) is 9.95. The van der Waals surface area contributed by atoms with E-state index in [1.54, 1.807) is 0 Å². The first-order chi connectivity index (χ1) is 14.6. The summed E-state index contributed by atoms with van der Waals surface area (Å²) in [6.07, 6.45) is -0.166. The summed E-state index contributed by atoms with van der Waals surface area (Å²) in [6, 6.07) is 18.2. The summed E-state index contributed by atoms with van der Waals surface area (Å²) in [5.74, 6) is -0.106. The van der Waals surface area contributed by atoms with E-state index < -0.39 is 20.5 Å². The molecule has 0 unspecified atom stereocenters. The Morgan fingerprint density at radius 2 is 1.61 bits per heavy atom. The number of aliphatic hydroxyl groups is 1. The Bertz CT molecular complexity index is 852. The van der Waals surface area contributed by atoms with Gasteiger partial charge in [0.2, 0.25) is 5.91 Å². The summed E-state index contributed by atoms with van der Waals surface area (Å²) in [4.78, 5) is 13.1. The van der Waals surface area contributed by atoms with Crippen molar-refractivity contribution in [1.82, 2.24) is 10.6 Å². The quantitative estimate of drug-likeness (QED) is 0.561. The summed E-state index contributed by atoms with van der Waals surface area (Å²) in [5, 5.41) is 17.6. The molecule has 0 bridgehead atoms. The minimum absolute atomic E-state index is 0.0332. The molecule has 4 atom stereocenters. The van der Waals surface area contributed by atoms with Crippen LogP contribution in [-0.4, -0.2) is 38.0 Å². The SMILES string of the molecule is CC(C)(C)[Si](C)(C)O[C@H]1CN[C@H](C(=O)N[C@@H](c2ccccc2)[C@@H](O)c2ccccc2)C1. The zero-order chi connectivity index (χ0) is 22.6. The van der Waals surface area contributed by atoms with Gasteiger partial charge >= 0.3 is 0 Å². The van der Waals surface area contributed by atoms with E-state index >= 15 is 0 Å². The molecule has 2 aromatic rings. The van der Waals surface area contributed by atoms with Crippen LogP contribution in [0.3, 0.4) is 0 Å². The Hall–Kier alpha value is -1.99. The number of rotatable bonds is 7. The predicted molar refractivity (Wildman–Crippen MR) is 127 cm³/mol. The standard InChI is InChI=1S/C25H36N2O3Si/c1-25(2,3)31(4,5)30-20-16-21(26-17-20)24(29)27-22(18-12-8-6-9-13-18)23(28)19-14-10-7-11-15-19/h6-15,20-23,26,28H,16-17H2,1-5H3,(H,27,29)/t20-,21+,22+,23+/m1/s1. The highest BCUT2D eigenvalue weighted by atomic mass is 28.4. The van der Waals surface area contributed by atoms with Crippen molar-refractivity contribution < 1.29 is 14.3 Å². The fourth-order valence-electron chi connectivity index (χ4n) is 3.69. The van der Waals surface area contributed by atoms with Crippen LogP contribution in [0.1, 0.15) is 50.5 Å². The van der Waals surface area contributed by atoms with Crippen molar-refractivity contribution in [3.8, 4) is 0 Å². The fourth-order valence-corrected chi connectivity index (χ4v) is 5.05. The molecule has 1 amide bonds. The molecule has 1 fully saturated rings. The maximum atomic E-state index is 13.1. The number of aliphatic hydroxyl groups excluding tert-OH is 1. The molecule has 0 aromatic heterocycles. The van der Waals surface area contributed by atoms with Gasteiger partial charge in [0.25, 0.3) is 0 Å². The molecule has 2 aromatic carbocycles. The first-order valence-corrected chi connectivity index (χ1v) is 14.0. The average Bonchev–Trinajstić information content (AvgIpc) is 3.20. The Morgan fingerprint density at radius 3 is 2.16 bits per heavy atom. The van der Waals surface area contributed by atoms with Crippen molar-refractivity contribution in [2.45, 2.75) is 69.6 Å². The Labute approximate surface area is 187 Å². The van der Waals surface area contributed by atoms with Gasteiger partial charge in [-0.15, -0.1) is 0 Å². The number of carbonyl (C=O) groups excluding carboxylic acids is 1. The highest BCUT2D eigenvalue weighted by Gasteiger charge is 2.42. The summed E-state index contributed by atoms with van der Waals surface area (Å²) < 4.78 is 6.50. The van der Waals surface area contributed by atoms with Crippen LogP contribution < -0.4 is 10.6 Å². The van der Waals surface area contributed by atoms with E-state index in [1.807, 2.05) is 60.7 Å². The minimum Gasteiger partial charge on any atom is -0.413 e. The fraction of sp³-hybridized carbons (Fsp3) is 0.480. The average molecular weight is 441 g/mol. The molecule has 1 aliphatic heterocycles. The number of hydrogen-bond donors (Lipinski definition) is 3. The largest absolute Gasteiger partial charge is 0.413 e. The normalized spacial score (nSPS) is 21.5. The molecule has 0 saturated carbocycles. The van der Waals surface area contributed by atoms with Gasteiger partial charge in [-0.1, -0.05) is 81.4 Å². The van der Waals surface area contributed by atoms with Gasteiger partial charge in [0.15, 0.2) is 8.32 Å². The molecule has 168 valence electrons. The second kappa shape index (κ2) is 9.65. The summed E-state index contributed by atoms with van der Waals surface area (Å²) in [7, 11) is -1.89. The number of benzene rings is 2. The van der Waals surface area contributed by atoms with Crippen molar-refractivity contribution in [1.29, 1.82) is 0 Å². The molecule has 0 aliphatic carbocycles. The first kappa shape index (κ1) is 23.7. The van der Waals surface area contributed by atoms with Crippen molar-refractivity contribution >= 4 is 14.2 Å². The molecule has 1 saturated heterocycles. The minimum atomic E-state index is -1.89. The number of nitrogens with one attached hydrogen (secondary N) is 2. The van der Waals surface area contributed by atoms with E-state index in [4.69, 9.17) is 4.43 Å². The molecule has 0 spiro atoms.